The quantitative estimate of drug-likeness (QED) is 0.818. The van der Waals surface area contributed by atoms with Crippen LogP contribution in [0.4, 0.5) is 11.4 Å². The maximum absolute atomic E-state index is 12.3. The number of hydrogen-bond acceptors (Lipinski definition) is 2. The Kier molecular flexibility index (Phi) is 4.00. The summed E-state index contributed by atoms with van der Waals surface area (Å²) in [7, 11) is 0. The zero-order chi connectivity index (χ0) is 14.9. The summed E-state index contributed by atoms with van der Waals surface area (Å²) in [5.41, 5.74) is 10.6. The molecule has 2 rings (SSSR count). The number of halogens is 1. The minimum atomic E-state index is -0.167. The first-order chi connectivity index (χ1) is 9.38. The molecule has 4 heteroatoms. The highest BCUT2D eigenvalue weighted by Crippen LogP contribution is 2.22. The number of benzene rings is 2. The summed E-state index contributed by atoms with van der Waals surface area (Å²) in [5, 5.41) is 3.54. The van der Waals surface area contributed by atoms with Crippen LogP contribution in [0.5, 0.6) is 0 Å². The van der Waals surface area contributed by atoms with Crippen molar-refractivity contribution in [2.45, 2.75) is 20.8 Å². The maximum Gasteiger partial charge on any atom is 0.256 e. The second-order valence-electron chi connectivity index (χ2n) is 4.94. The Morgan fingerprint density at radius 2 is 1.75 bits per heavy atom. The smallest absolute Gasteiger partial charge is 0.256 e. The van der Waals surface area contributed by atoms with E-state index in [2.05, 4.69) is 5.32 Å². The van der Waals surface area contributed by atoms with Crippen molar-refractivity contribution in [1.82, 2.24) is 0 Å². The summed E-state index contributed by atoms with van der Waals surface area (Å²) in [6.45, 7) is 5.72. The Balaban J connectivity index is 2.31. The van der Waals surface area contributed by atoms with Gasteiger partial charge in [-0.2, -0.15) is 0 Å². The number of amides is 1. The zero-order valence-corrected chi connectivity index (χ0v) is 12.5. The van der Waals surface area contributed by atoms with Gasteiger partial charge >= 0.3 is 0 Å². The van der Waals surface area contributed by atoms with E-state index in [4.69, 9.17) is 17.3 Å². The first kappa shape index (κ1) is 14.4. The van der Waals surface area contributed by atoms with Crippen molar-refractivity contribution in [3.63, 3.8) is 0 Å². The van der Waals surface area contributed by atoms with Crippen molar-refractivity contribution >= 4 is 28.9 Å². The monoisotopic (exact) mass is 288 g/mol. The van der Waals surface area contributed by atoms with Gasteiger partial charge in [-0.3, -0.25) is 4.79 Å². The molecule has 104 valence electrons. The molecule has 3 N–H and O–H groups in total. The van der Waals surface area contributed by atoms with Crippen LogP contribution >= 0.6 is 11.6 Å². The highest BCUT2D eigenvalue weighted by Gasteiger charge is 2.12. The van der Waals surface area contributed by atoms with Gasteiger partial charge in [0.25, 0.3) is 5.91 Å². The molecule has 0 aliphatic heterocycles. The van der Waals surface area contributed by atoms with Crippen LogP contribution in [-0.2, 0) is 0 Å². The van der Waals surface area contributed by atoms with E-state index in [1.165, 1.54) is 0 Å². The zero-order valence-electron chi connectivity index (χ0n) is 11.8. The van der Waals surface area contributed by atoms with Crippen LogP contribution in [-0.4, -0.2) is 5.91 Å². The Morgan fingerprint density at radius 1 is 1.05 bits per heavy atom. The SMILES string of the molecule is Cc1cc(C)c(C(=O)Nc2ccc(Cl)cc2C)cc1N. The summed E-state index contributed by atoms with van der Waals surface area (Å²) >= 11 is 5.90. The van der Waals surface area contributed by atoms with Gasteiger partial charge in [-0.15, -0.1) is 0 Å². The summed E-state index contributed by atoms with van der Waals surface area (Å²) in [6, 6.07) is 8.99. The largest absolute Gasteiger partial charge is 0.398 e. The number of aryl methyl sites for hydroxylation is 3. The van der Waals surface area contributed by atoms with Crippen molar-refractivity contribution in [3.05, 3.63) is 57.6 Å². The predicted molar refractivity (Wildman–Crippen MR) is 84.5 cm³/mol. The molecule has 0 aliphatic carbocycles. The van der Waals surface area contributed by atoms with Crippen LogP contribution in [0, 0.1) is 20.8 Å². The van der Waals surface area contributed by atoms with Crippen LogP contribution in [0.25, 0.3) is 0 Å². The van der Waals surface area contributed by atoms with E-state index in [-0.39, 0.29) is 5.91 Å². The average molecular weight is 289 g/mol. The van der Waals surface area contributed by atoms with Crippen molar-refractivity contribution in [2.24, 2.45) is 0 Å². The number of nitrogens with one attached hydrogen (secondary N) is 1. The minimum Gasteiger partial charge on any atom is -0.398 e. The minimum absolute atomic E-state index is 0.167. The molecule has 0 bridgehead atoms. The number of nitrogens with two attached hydrogens (primary N) is 1. The van der Waals surface area contributed by atoms with E-state index >= 15 is 0 Å². The predicted octanol–water partition coefficient (Wildman–Crippen LogP) is 4.10. The molecular weight excluding hydrogens is 272 g/mol. The molecule has 2 aromatic carbocycles. The lowest BCUT2D eigenvalue weighted by Crippen LogP contribution is -2.15. The fourth-order valence-electron chi connectivity index (χ4n) is 2.07. The Labute approximate surface area is 123 Å². The topological polar surface area (TPSA) is 55.1 Å². The molecule has 0 radical (unpaired) electrons. The summed E-state index contributed by atoms with van der Waals surface area (Å²) in [5.74, 6) is -0.167. The molecule has 20 heavy (non-hydrogen) atoms. The number of carbonyl (C=O) groups is 1. The van der Waals surface area contributed by atoms with Crippen LogP contribution < -0.4 is 11.1 Å². The third-order valence-electron chi connectivity index (χ3n) is 3.29. The normalized spacial score (nSPS) is 10.4. The molecule has 0 heterocycles. The van der Waals surface area contributed by atoms with E-state index in [0.717, 1.165) is 22.4 Å². The average Bonchev–Trinajstić information content (AvgIpc) is 2.37. The standard InChI is InChI=1S/C16H17ClN2O/c1-9-6-10(2)14(18)8-13(9)16(20)19-15-5-4-12(17)7-11(15)3/h4-8H,18H2,1-3H3,(H,19,20). The number of nitrogen functional groups attached to an aromatic ring is 1. The second-order valence-corrected chi connectivity index (χ2v) is 5.37. The molecule has 0 fully saturated rings. The van der Waals surface area contributed by atoms with E-state index in [1.807, 2.05) is 32.9 Å². The van der Waals surface area contributed by atoms with Gasteiger partial charge in [0.15, 0.2) is 0 Å². The first-order valence-electron chi connectivity index (χ1n) is 6.32. The van der Waals surface area contributed by atoms with Crippen LogP contribution in [0.1, 0.15) is 27.0 Å². The summed E-state index contributed by atoms with van der Waals surface area (Å²) in [6.07, 6.45) is 0. The van der Waals surface area contributed by atoms with Crippen molar-refractivity contribution in [1.29, 1.82) is 0 Å². The van der Waals surface area contributed by atoms with Crippen LogP contribution in [0.2, 0.25) is 5.02 Å². The summed E-state index contributed by atoms with van der Waals surface area (Å²) in [4.78, 5) is 12.3. The van der Waals surface area contributed by atoms with E-state index in [1.54, 1.807) is 18.2 Å². The van der Waals surface area contributed by atoms with Crippen molar-refractivity contribution in [3.8, 4) is 0 Å². The molecule has 2 aromatic rings. The lowest BCUT2D eigenvalue weighted by Gasteiger charge is -2.12. The highest BCUT2D eigenvalue weighted by molar-refractivity contribution is 6.30. The highest BCUT2D eigenvalue weighted by atomic mass is 35.5. The van der Waals surface area contributed by atoms with E-state index < -0.39 is 0 Å². The third kappa shape index (κ3) is 2.94. The van der Waals surface area contributed by atoms with Gasteiger partial charge in [0.1, 0.15) is 0 Å². The van der Waals surface area contributed by atoms with Gasteiger partial charge < -0.3 is 11.1 Å². The number of anilines is 2. The Bertz CT molecular complexity index is 680. The molecule has 0 saturated carbocycles. The van der Waals surface area contributed by atoms with Crippen molar-refractivity contribution in [2.75, 3.05) is 11.1 Å². The fraction of sp³-hybridized carbons (Fsp3) is 0.188. The lowest BCUT2D eigenvalue weighted by molar-refractivity contribution is 0.102. The summed E-state index contributed by atoms with van der Waals surface area (Å²) < 4.78 is 0. The van der Waals surface area contributed by atoms with Gasteiger partial charge in [-0.25, -0.2) is 0 Å². The number of carbonyl (C=O) groups excluding carboxylic acids is 1. The van der Waals surface area contributed by atoms with Gasteiger partial charge in [0.2, 0.25) is 0 Å². The molecule has 0 unspecified atom stereocenters. The van der Waals surface area contributed by atoms with Gasteiger partial charge in [0, 0.05) is 22.0 Å². The molecule has 1 amide bonds. The van der Waals surface area contributed by atoms with Gasteiger partial charge in [0.05, 0.1) is 0 Å². The van der Waals surface area contributed by atoms with Crippen molar-refractivity contribution < 1.29 is 4.79 Å². The van der Waals surface area contributed by atoms with Crippen LogP contribution in [0.15, 0.2) is 30.3 Å². The molecule has 0 saturated heterocycles. The Morgan fingerprint density at radius 3 is 2.40 bits per heavy atom. The molecule has 3 nitrogen and oxygen atoms in total. The van der Waals surface area contributed by atoms with E-state index in [0.29, 0.717) is 16.3 Å². The molecule has 0 aromatic heterocycles. The van der Waals surface area contributed by atoms with E-state index in [9.17, 15) is 4.79 Å². The second kappa shape index (κ2) is 5.55. The lowest BCUT2D eigenvalue weighted by atomic mass is 10.0. The molecule has 0 spiro atoms. The first-order valence-corrected chi connectivity index (χ1v) is 6.70. The third-order valence-corrected chi connectivity index (χ3v) is 3.53. The Hall–Kier alpha value is -2.00. The van der Waals surface area contributed by atoms with Gasteiger partial charge in [-0.05, 0) is 61.7 Å². The molecule has 0 atom stereocenters. The van der Waals surface area contributed by atoms with Gasteiger partial charge in [-0.1, -0.05) is 17.7 Å². The number of hydrogen-bond donors (Lipinski definition) is 2. The fourth-order valence-corrected chi connectivity index (χ4v) is 2.30. The maximum atomic E-state index is 12.3. The van der Waals surface area contributed by atoms with Crippen LogP contribution in [0.3, 0.4) is 0 Å². The molecule has 0 aliphatic rings. The number of rotatable bonds is 2. The molecular formula is C16H17ClN2O.